The molecule has 2 aromatic carbocycles. The SMILES string of the molecule is CC(C)C[C@H](NC(=O)Cc1ccccc1)C(=O)N[C@@H](Cc1c[nH]c2ccccc12)C(N)=O. The molecule has 2 atom stereocenters. The van der Waals surface area contributed by atoms with Gasteiger partial charge in [-0.15, -0.1) is 0 Å². The Hall–Kier alpha value is -3.61. The minimum absolute atomic E-state index is 0.170. The van der Waals surface area contributed by atoms with Gasteiger partial charge in [0, 0.05) is 23.5 Å². The number of amides is 3. The van der Waals surface area contributed by atoms with Crippen molar-refractivity contribution in [3.8, 4) is 0 Å². The maximum Gasteiger partial charge on any atom is 0.243 e. The highest BCUT2D eigenvalue weighted by Gasteiger charge is 2.27. The third kappa shape index (κ3) is 6.20. The Morgan fingerprint density at radius 3 is 2.31 bits per heavy atom. The summed E-state index contributed by atoms with van der Waals surface area (Å²) in [6.07, 6.45) is 2.71. The van der Waals surface area contributed by atoms with Crippen LogP contribution in [0, 0.1) is 5.92 Å². The molecule has 0 bridgehead atoms. The van der Waals surface area contributed by atoms with Crippen LogP contribution in [0.5, 0.6) is 0 Å². The monoisotopic (exact) mass is 434 g/mol. The van der Waals surface area contributed by atoms with E-state index < -0.39 is 23.9 Å². The highest BCUT2D eigenvalue weighted by Crippen LogP contribution is 2.19. The molecule has 32 heavy (non-hydrogen) atoms. The molecule has 0 saturated carbocycles. The summed E-state index contributed by atoms with van der Waals surface area (Å²) in [5.41, 5.74) is 8.30. The normalized spacial score (nSPS) is 13.0. The summed E-state index contributed by atoms with van der Waals surface area (Å²) in [5.74, 6) is -1.11. The molecule has 0 aliphatic heterocycles. The molecule has 7 heteroatoms. The molecule has 0 aliphatic carbocycles. The lowest BCUT2D eigenvalue weighted by Gasteiger charge is -2.23. The molecular formula is C25H30N4O3. The standard InChI is InChI=1S/C25H30N4O3/c1-16(2)12-22(28-23(30)13-17-8-4-3-5-9-17)25(32)29-21(24(26)31)14-18-15-27-20-11-7-6-10-19(18)20/h3-11,15-16,21-22,27H,12-14H2,1-2H3,(H2,26,31)(H,28,30)(H,29,32)/t21-,22-/m0/s1. The Bertz CT molecular complexity index is 1070. The molecule has 0 spiro atoms. The van der Waals surface area contributed by atoms with E-state index >= 15 is 0 Å². The Morgan fingerprint density at radius 1 is 0.938 bits per heavy atom. The zero-order chi connectivity index (χ0) is 23.1. The summed E-state index contributed by atoms with van der Waals surface area (Å²) in [6.45, 7) is 3.95. The summed E-state index contributed by atoms with van der Waals surface area (Å²) < 4.78 is 0. The molecule has 1 heterocycles. The van der Waals surface area contributed by atoms with Crippen molar-refractivity contribution in [3.05, 3.63) is 71.9 Å². The van der Waals surface area contributed by atoms with Gasteiger partial charge in [0.15, 0.2) is 0 Å². The Kier molecular flexibility index (Phi) is 7.65. The highest BCUT2D eigenvalue weighted by atomic mass is 16.2. The van der Waals surface area contributed by atoms with Crippen LogP contribution in [-0.2, 0) is 27.2 Å². The number of nitrogens with one attached hydrogen (secondary N) is 3. The van der Waals surface area contributed by atoms with Gasteiger partial charge >= 0.3 is 0 Å². The van der Waals surface area contributed by atoms with Crippen molar-refractivity contribution in [2.24, 2.45) is 11.7 Å². The van der Waals surface area contributed by atoms with Crippen LogP contribution in [0.25, 0.3) is 10.9 Å². The van der Waals surface area contributed by atoms with Crippen LogP contribution in [-0.4, -0.2) is 34.8 Å². The summed E-state index contributed by atoms with van der Waals surface area (Å²) in [6, 6.07) is 15.4. The number of primary amides is 1. The third-order valence-electron chi connectivity index (χ3n) is 5.33. The lowest BCUT2D eigenvalue weighted by atomic mass is 10.0. The number of benzene rings is 2. The molecule has 0 unspecified atom stereocenters. The molecule has 0 aliphatic rings. The van der Waals surface area contributed by atoms with E-state index in [-0.39, 0.29) is 24.7 Å². The Balaban J connectivity index is 1.69. The fraction of sp³-hybridized carbons (Fsp3) is 0.320. The van der Waals surface area contributed by atoms with Crippen LogP contribution in [0.1, 0.15) is 31.4 Å². The fourth-order valence-corrected chi connectivity index (χ4v) is 3.75. The largest absolute Gasteiger partial charge is 0.368 e. The van der Waals surface area contributed by atoms with Crippen molar-refractivity contribution >= 4 is 28.6 Å². The maximum absolute atomic E-state index is 13.0. The average Bonchev–Trinajstić information content (AvgIpc) is 3.16. The first kappa shape index (κ1) is 23.1. The number of hydrogen-bond acceptors (Lipinski definition) is 3. The zero-order valence-corrected chi connectivity index (χ0v) is 18.4. The first-order valence-electron chi connectivity index (χ1n) is 10.8. The second kappa shape index (κ2) is 10.6. The van der Waals surface area contributed by atoms with Gasteiger partial charge in [0.05, 0.1) is 6.42 Å². The zero-order valence-electron chi connectivity index (χ0n) is 18.4. The van der Waals surface area contributed by atoms with E-state index in [0.29, 0.717) is 6.42 Å². The first-order chi connectivity index (χ1) is 15.3. The average molecular weight is 435 g/mol. The molecule has 0 saturated heterocycles. The number of carbonyl (C=O) groups is 3. The molecule has 7 nitrogen and oxygen atoms in total. The third-order valence-corrected chi connectivity index (χ3v) is 5.33. The first-order valence-corrected chi connectivity index (χ1v) is 10.8. The second-order valence-electron chi connectivity index (χ2n) is 8.44. The number of nitrogens with two attached hydrogens (primary N) is 1. The smallest absolute Gasteiger partial charge is 0.243 e. The van der Waals surface area contributed by atoms with Gasteiger partial charge in [0.25, 0.3) is 0 Å². The second-order valence-corrected chi connectivity index (χ2v) is 8.44. The summed E-state index contributed by atoms with van der Waals surface area (Å²) >= 11 is 0. The van der Waals surface area contributed by atoms with Crippen LogP contribution in [0.3, 0.4) is 0 Å². The van der Waals surface area contributed by atoms with Gasteiger partial charge in [0.1, 0.15) is 12.1 Å². The number of para-hydroxylation sites is 1. The maximum atomic E-state index is 13.0. The van der Waals surface area contributed by atoms with E-state index in [4.69, 9.17) is 5.73 Å². The van der Waals surface area contributed by atoms with Gasteiger partial charge in [-0.3, -0.25) is 14.4 Å². The van der Waals surface area contributed by atoms with Gasteiger partial charge < -0.3 is 21.4 Å². The van der Waals surface area contributed by atoms with Gasteiger partial charge in [0.2, 0.25) is 17.7 Å². The molecule has 5 N–H and O–H groups in total. The lowest BCUT2D eigenvalue weighted by molar-refractivity contribution is -0.131. The van der Waals surface area contributed by atoms with Gasteiger partial charge in [-0.1, -0.05) is 62.4 Å². The minimum atomic E-state index is -0.887. The molecule has 0 fully saturated rings. The van der Waals surface area contributed by atoms with E-state index in [2.05, 4.69) is 15.6 Å². The Morgan fingerprint density at radius 2 is 1.62 bits per heavy atom. The van der Waals surface area contributed by atoms with E-state index in [1.54, 1.807) is 0 Å². The number of aromatic amines is 1. The van der Waals surface area contributed by atoms with E-state index in [0.717, 1.165) is 22.0 Å². The van der Waals surface area contributed by atoms with Crippen molar-refractivity contribution < 1.29 is 14.4 Å². The van der Waals surface area contributed by atoms with Crippen molar-refractivity contribution in [2.45, 2.75) is 45.2 Å². The number of rotatable bonds is 10. The van der Waals surface area contributed by atoms with Crippen LogP contribution in [0.2, 0.25) is 0 Å². The van der Waals surface area contributed by atoms with Crippen LogP contribution < -0.4 is 16.4 Å². The van der Waals surface area contributed by atoms with Crippen molar-refractivity contribution in [2.75, 3.05) is 0 Å². The number of H-pyrrole nitrogens is 1. The van der Waals surface area contributed by atoms with Gasteiger partial charge in [-0.05, 0) is 29.5 Å². The fourth-order valence-electron chi connectivity index (χ4n) is 3.75. The molecule has 3 rings (SSSR count). The summed E-state index contributed by atoms with van der Waals surface area (Å²) in [4.78, 5) is 40.9. The molecule has 1 aromatic heterocycles. The van der Waals surface area contributed by atoms with E-state index in [9.17, 15) is 14.4 Å². The van der Waals surface area contributed by atoms with Crippen LogP contribution >= 0.6 is 0 Å². The van der Waals surface area contributed by atoms with Gasteiger partial charge in [-0.25, -0.2) is 0 Å². The highest BCUT2D eigenvalue weighted by molar-refractivity contribution is 5.92. The molecule has 168 valence electrons. The van der Waals surface area contributed by atoms with Crippen LogP contribution in [0.15, 0.2) is 60.8 Å². The summed E-state index contributed by atoms with van der Waals surface area (Å²) in [7, 11) is 0. The predicted molar refractivity (Wildman–Crippen MR) is 125 cm³/mol. The summed E-state index contributed by atoms with van der Waals surface area (Å²) in [5, 5.41) is 6.55. The topological polar surface area (TPSA) is 117 Å². The van der Waals surface area contributed by atoms with Crippen molar-refractivity contribution in [1.82, 2.24) is 15.6 Å². The lowest BCUT2D eigenvalue weighted by Crippen LogP contribution is -2.54. The van der Waals surface area contributed by atoms with Gasteiger partial charge in [-0.2, -0.15) is 0 Å². The molecule has 3 amide bonds. The molecule has 0 radical (unpaired) electrons. The number of carbonyl (C=O) groups excluding carboxylic acids is 3. The van der Waals surface area contributed by atoms with E-state index in [1.807, 2.05) is 74.6 Å². The Labute approximate surface area is 187 Å². The number of aromatic nitrogens is 1. The van der Waals surface area contributed by atoms with Crippen molar-refractivity contribution in [3.63, 3.8) is 0 Å². The quantitative estimate of drug-likeness (QED) is 0.393. The van der Waals surface area contributed by atoms with Crippen LogP contribution in [0.4, 0.5) is 0 Å². The number of hydrogen-bond donors (Lipinski definition) is 4. The molecular weight excluding hydrogens is 404 g/mol. The minimum Gasteiger partial charge on any atom is -0.368 e. The molecule has 3 aromatic rings. The predicted octanol–water partition coefficient (Wildman–Crippen LogP) is 2.45. The van der Waals surface area contributed by atoms with Crippen molar-refractivity contribution in [1.29, 1.82) is 0 Å². The number of fused-ring (bicyclic) bond motifs is 1. The van der Waals surface area contributed by atoms with E-state index in [1.165, 1.54) is 0 Å².